The number of nitrogens with zero attached hydrogens (tertiary/aromatic N) is 1. The molecule has 6 heteroatoms. The molecule has 0 saturated carbocycles. The first-order valence-corrected chi connectivity index (χ1v) is 5.02. The molecule has 0 aliphatic heterocycles. The zero-order valence-electron chi connectivity index (χ0n) is 9.15. The summed E-state index contributed by atoms with van der Waals surface area (Å²) in [6, 6.07) is 7.09. The Kier molecular flexibility index (Phi) is 3.01. The first-order valence-electron chi connectivity index (χ1n) is 5.02. The van der Waals surface area contributed by atoms with Gasteiger partial charge in [0, 0.05) is 16.9 Å². The fourth-order valence-corrected chi connectivity index (χ4v) is 1.31. The summed E-state index contributed by atoms with van der Waals surface area (Å²) < 4.78 is 1.17. The van der Waals surface area contributed by atoms with Crippen LogP contribution < -0.4 is 9.57 Å². The molecule has 0 aliphatic rings. The second-order valence-corrected chi connectivity index (χ2v) is 3.48. The smallest absolute Gasteiger partial charge is 0.411 e. The third-order valence-corrected chi connectivity index (χ3v) is 2.18. The summed E-state index contributed by atoms with van der Waals surface area (Å²) >= 11 is 0. The average molecular weight is 248 g/mol. The van der Waals surface area contributed by atoms with Crippen LogP contribution in [0.5, 0.6) is 17.2 Å². The van der Waals surface area contributed by atoms with Crippen molar-refractivity contribution < 1.29 is 29.7 Å². The van der Waals surface area contributed by atoms with E-state index in [-0.39, 0.29) is 5.56 Å². The highest BCUT2D eigenvalue weighted by Gasteiger charge is 2.18. The van der Waals surface area contributed by atoms with Crippen LogP contribution in [0.15, 0.2) is 42.7 Å². The van der Waals surface area contributed by atoms with Crippen LogP contribution in [0.4, 0.5) is 0 Å². The van der Waals surface area contributed by atoms with E-state index in [9.17, 15) is 15.0 Å². The molecule has 0 radical (unpaired) electrons. The van der Waals surface area contributed by atoms with Gasteiger partial charge in [0.05, 0.1) is 5.56 Å². The summed E-state index contributed by atoms with van der Waals surface area (Å²) in [6.45, 7) is 0. The van der Waals surface area contributed by atoms with Crippen molar-refractivity contribution in [1.29, 1.82) is 0 Å². The highest BCUT2D eigenvalue weighted by atomic mass is 16.7. The molecule has 0 unspecified atom stereocenters. The molecule has 1 aromatic heterocycles. The van der Waals surface area contributed by atoms with E-state index in [2.05, 4.69) is 0 Å². The van der Waals surface area contributed by atoms with E-state index in [1.54, 1.807) is 18.2 Å². The number of benzene rings is 1. The van der Waals surface area contributed by atoms with Gasteiger partial charge in [-0.1, -0.05) is 6.07 Å². The van der Waals surface area contributed by atoms with Gasteiger partial charge in [-0.15, -0.1) is 0 Å². The summed E-state index contributed by atoms with van der Waals surface area (Å²) in [5.74, 6) is -2.66. The predicted molar refractivity (Wildman–Crippen MR) is 59.0 cm³/mol. The lowest BCUT2D eigenvalue weighted by Crippen LogP contribution is -2.44. The molecule has 18 heavy (non-hydrogen) atoms. The number of carbonyl (C=O) groups is 1. The van der Waals surface area contributed by atoms with Gasteiger partial charge in [-0.2, -0.15) is 4.84 Å². The van der Waals surface area contributed by atoms with Crippen molar-refractivity contribution in [3.8, 4) is 17.2 Å². The summed E-state index contributed by atoms with van der Waals surface area (Å²) in [5, 5.41) is 27.7. The Bertz CT molecular complexity index is 559. The first-order chi connectivity index (χ1) is 8.58. The zero-order valence-corrected chi connectivity index (χ0v) is 9.15. The molecular weight excluding hydrogens is 238 g/mol. The monoisotopic (exact) mass is 248 g/mol. The maximum absolute atomic E-state index is 11.7. The number of aromatic hydroxyl groups is 3. The largest absolute Gasteiger partial charge is 0.504 e. The van der Waals surface area contributed by atoms with Gasteiger partial charge >= 0.3 is 5.97 Å². The number of aromatic nitrogens is 1. The lowest BCUT2D eigenvalue weighted by atomic mass is 10.2. The number of hydrogen-bond donors (Lipinski definition) is 3. The molecule has 1 heterocycles. The van der Waals surface area contributed by atoms with Gasteiger partial charge < -0.3 is 15.3 Å². The van der Waals surface area contributed by atoms with Gasteiger partial charge in [0.25, 0.3) is 0 Å². The maximum atomic E-state index is 11.7. The summed E-state index contributed by atoms with van der Waals surface area (Å²) in [6.07, 6.45) is 3.02. The minimum atomic E-state index is -0.781. The normalized spacial score (nSPS) is 10.0. The molecule has 0 saturated heterocycles. The lowest BCUT2D eigenvalue weighted by molar-refractivity contribution is -0.868. The Morgan fingerprint density at radius 1 is 1.00 bits per heavy atom. The van der Waals surface area contributed by atoms with Crippen molar-refractivity contribution in [3.05, 3.63) is 48.3 Å². The van der Waals surface area contributed by atoms with Crippen LogP contribution in [0.3, 0.4) is 0 Å². The summed E-state index contributed by atoms with van der Waals surface area (Å²) in [5.41, 5.74) is -0.0841. The Labute approximate surface area is 102 Å². The highest BCUT2D eigenvalue weighted by Crippen LogP contribution is 2.35. The Balaban J connectivity index is 2.25. The van der Waals surface area contributed by atoms with E-state index in [1.807, 2.05) is 0 Å². The van der Waals surface area contributed by atoms with Crippen molar-refractivity contribution in [2.45, 2.75) is 0 Å². The molecule has 2 rings (SSSR count). The Morgan fingerprint density at radius 2 is 1.56 bits per heavy atom. The molecule has 3 N–H and O–H groups in total. The van der Waals surface area contributed by atoms with Crippen molar-refractivity contribution in [3.63, 3.8) is 0 Å². The summed E-state index contributed by atoms with van der Waals surface area (Å²) in [4.78, 5) is 16.6. The fourth-order valence-electron chi connectivity index (χ4n) is 1.31. The molecular formula is C12H10NO5+. The van der Waals surface area contributed by atoms with Crippen molar-refractivity contribution >= 4 is 5.97 Å². The van der Waals surface area contributed by atoms with E-state index in [0.29, 0.717) is 0 Å². The van der Waals surface area contributed by atoms with Crippen LogP contribution in [-0.4, -0.2) is 21.3 Å². The molecule has 92 valence electrons. The topological polar surface area (TPSA) is 90.9 Å². The SMILES string of the molecule is O=C(O[n+]1ccccc1)c1cc(O)c(O)c(O)c1. The molecule has 0 atom stereocenters. The minimum Gasteiger partial charge on any atom is -0.504 e. The van der Waals surface area contributed by atoms with E-state index in [0.717, 1.165) is 12.1 Å². The number of hydrogen-bond acceptors (Lipinski definition) is 5. The van der Waals surface area contributed by atoms with Gasteiger partial charge in [-0.25, -0.2) is 4.79 Å². The average Bonchev–Trinajstić information content (AvgIpc) is 2.36. The van der Waals surface area contributed by atoms with Crippen molar-refractivity contribution in [2.75, 3.05) is 0 Å². The van der Waals surface area contributed by atoms with E-state index in [1.165, 1.54) is 17.1 Å². The molecule has 0 amide bonds. The second kappa shape index (κ2) is 4.62. The quantitative estimate of drug-likeness (QED) is 0.527. The maximum Gasteiger partial charge on any atom is 0.411 e. The van der Waals surface area contributed by atoms with Crippen molar-refractivity contribution in [2.24, 2.45) is 0 Å². The number of pyridine rings is 1. The Hall–Kier alpha value is -2.76. The van der Waals surface area contributed by atoms with Crippen LogP contribution in [0.25, 0.3) is 0 Å². The number of phenols is 3. The molecule has 1 aromatic carbocycles. The van der Waals surface area contributed by atoms with Crippen LogP contribution in [-0.2, 0) is 0 Å². The second-order valence-electron chi connectivity index (χ2n) is 3.48. The van der Waals surface area contributed by atoms with Crippen LogP contribution in [0, 0.1) is 0 Å². The van der Waals surface area contributed by atoms with Crippen LogP contribution in [0.1, 0.15) is 10.4 Å². The van der Waals surface area contributed by atoms with Gasteiger partial charge in [0.15, 0.2) is 17.2 Å². The number of rotatable bonds is 2. The summed E-state index contributed by atoms with van der Waals surface area (Å²) in [7, 11) is 0. The van der Waals surface area contributed by atoms with Gasteiger partial charge in [-0.05, 0) is 12.1 Å². The standard InChI is InChI=1S/C12H9NO5/c14-9-6-8(7-10(15)11(9)16)12(17)18-13-4-2-1-3-5-13/h1-7H,(H2-,14,15,16,17)/p+1. The molecule has 0 bridgehead atoms. The third-order valence-electron chi connectivity index (χ3n) is 2.18. The molecule has 2 aromatic rings. The molecule has 0 fully saturated rings. The molecule has 6 nitrogen and oxygen atoms in total. The lowest BCUT2D eigenvalue weighted by Gasteiger charge is -2.02. The molecule has 0 aliphatic carbocycles. The number of phenolic OH excluding ortho intramolecular Hbond substituents is 3. The molecule has 0 spiro atoms. The van der Waals surface area contributed by atoms with Gasteiger partial charge in [-0.3, -0.25) is 0 Å². The van der Waals surface area contributed by atoms with E-state index in [4.69, 9.17) is 9.94 Å². The highest BCUT2D eigenvalue weighted by molar-refractivity contribution is 5.90. The predicted octanol–water partition coefficient (Wildman–Crippen LogP) is 0.360. The van der Waals surface area contributed by atoms with Gasteiger partial charge in [0.1, 0.15) is 0 Å². The van der Waals surface area contributed by atoms with Crippen LogP contribution in [0.2, 0.25) is 0 Å². The van der Waals surface area contributed by atoms with Gasteiger partial charge in [0.2, 0.25) is 12.4 Å². The third kappa shape index (κ3) is 2.32. The van der Waals surface area contributed by atoms with Crippen LogP contribution >= 0.6 is 0 Å². The Morgan fingerprint density at radius 3 is 2.11 bits per heavy atom. The minimum absolute atomic E-state index is 0.0841. The fraction of sp³-hybridized carbons (Fsp3) is 0. The first kappa shape index (κ1) is 11.7. The van der Waals surface area contributed by atoms with Crippen molar-refractivity contribution in [1.82, 2.24) is 0 Å². The number of carbonyl (C=O) groups excluding carboxylic acids is 1. The zero-order chi connectivity index (χ0) is 13.1. The van der Waals surface area contributed by atoms with E-state index >= 15 is 0 Å². The van der Waals surface area contributed by atoms with E-state index < -0.39 is 23.2 Å².